The largest absolute Gasteiger partial charge is 0.436 e. The van der Waals surface area contributed by atoms with Crippen molar-refractivity contribution in [3.05, 3.63) is 87.9 Å². The van der Waals surface area contributed by atoms with Gasteiger partial charge < -0.3 is 4.42 Å². The lowest BCUT2D eigenvalue weighted by atomic mass is 10.2. The van der Waals surface area contributed by atoms with Gasteiger partial charge in [0.05, 0.1) is 5.69 Å². The van der Waals surface area contributed by atoms with Crippen LogP contribution in [0.2, 0.25) is 5.02 Å². The van der Waals surface area contributed by atoms with E-state index in [1.165, 1.54) is 0 Å². The zero-order valence-corrected chi connectivity index (χ0v) is 16.5. The van der Waals surface area contributed by atoms with Crippen LogP contribution in [-0.4, -0.2) is 11.2 Å². The van der Waals surface area contributed by atoms with E-state index in [2.05, 4.69) is 25.9 Å². The monoisotopic (exact) mass is 436 g/mol. The molecule has 0 atom stereocenters. The van der Waals surface area contributed by atoms with Crippen molar-refractivity contribution in [2.75, 3.05) is 0 Å². The van der Waals surface area contributed by atoms with Crippen LogP contribution >= 0.6 is 27.5 Å². The van der Waals surface area contributed by atoms with Crippen LogP contribution in [-0.2, 0) is 0 Å². The first kappa shape index (κ1) is 17.7. The third kappa shape index (κ3) is 4.35. The summed E-state index contributed by atoms with van der Waals surface area (Å²) in [5.41, 5.74) is 4.31. The molecular formula is C22H14BrClN2O. The fourth-order valence-corrected chi connectivity index (χ4v) is 3.15. The highest BCUT2D eigenvalue weighted by atomic mass is 79.9. The van der Waals surface area contributed by atoms with Crippen LogP contribution in [0.5, 0.6) is 0 Å². The molecule has 0 bridgehead atoms. The van der Waals surface area contributed by atoms with E-state index in [9.17, 15) is 0 Å². The van der Waals surface area contributed by atoms with Crippen LogP contribution in [0, 0.1) is 0 Å². The van der Waals surface area contributed by atoms with Gasteiger partial charge in [-0.05, 0) is 66.2 Å². The first-order valence-corrected chi connectivity index (χ1v) is 9.47. The summed E-state index contributed by atoms with van der Waals surface area (Å²) >= 11 is 9.39. The Bertz CT molecular complexity index is 1150. The lowest BCUT2D eigenvalue weighted by Gasteiger charge is -1.94. The van der Waals surface area contributed by atoms with Gasteiger partial charge in [-0.25, -0.2) is 4.98 Å². The van der Waals surface area contributed by atoms with Crippen molar-refractivity contribution in [3.8, 4) is 11.5 Å². The maximum Gasteiger partial charge on any atom is 0.227 e. The van der Waals surface area contributed by atoms with Gasteiger partial charge >= 0.3 is 0 Å². The number of halogens is 2. The molecule has 0 fully saturated rings. The van der Waals surface area contributed by atoms with Gasteiger partial charge in [0.15, 0.2) is 5.58 Å². The highest BCUT2D eigenvalue weighted by molar-refractivity contribution is 9.10. The molecule has 0 saturated carbocycles. The molecule has 1 heterocycles. The fourth-order valence-electron chi connectivity index (χ4n) is 2.61. The standard InChI is InChI=1S/C22H14BrClN2O/c23-17-5-1-3-15(13-17)4-2-12-25-19-10-11-21-20(14-19)26-22(27-21)16-6-8-18(24)9-7-16/h1-14H/b4-2+,25-12?. The number of oxazole rings is 1. The quantitative estimate of drug-likeness (QED) is 0.314. The lowest BCUT2D eigenvalue weighted by molar-refractivity contribution is 0.620. The number of aliphatic imine (C=N–C) groups is 1. The first-order valence-electron chi connectivity index (χ1n) is 8.30. The van der Waals surface area contributed by atoms with E-state index >= 15 is 0 Å². The van der Waals surface area contributed by atoms with E-state index in [1.807, 2.05) is 78.9 Å². The first-order chi connectivity index (χ1) is 13.2. The van der Waals surface area contributed by atoms with Crippen molar-refractivity contribution in [1.82, 2.24) is 4.98 Å². The third-order valence-electron chi connectivity index (χ3n) is 3.91. The van der Waals surface area contributed by atoms with Crippen LogP contribution < -0.4 is 0 Å². The Hall–Kier alpha value is -2.69. The Kier molecular flexibility index (Phi) is 5.19. The molecule has 0 radical (unpaired) electrons. The highest BCUT2D eigenvalue weighted by Gasteiger charge is 2.08. The SMILES string of the molecule is Clc1ccc(-c2nc3cc(N=C/C=C/c4cccc(Br)c4)ccc3o2)cc1. The second kappa shape index (κ2) is 7.91. The van der Waals surface area contributed by atoms with E-state index in [-0.39, 0.29) is 0 Å². The predicted octanol–water partition coefficient (Wildman–Crippen LogP) is 7.33. The molecule has 0 spiro atoms. The Morgan fingerprint density at radius 3 is 2.67 bits per heavy atom. The van der Waals surface area contributed by atoms with Gasteiger partial charge in [0.25, 0.3) is 0 Å². The maximum atomic E-state index is 5.93. The molecule has 0 aliphatic heterocycles. The zero-order valence-electron chi connectivity index (χ0n) is 14.1. The summed E-state index contributed by atoms with van der Waals surface area (Å²) in [6.07, 6.45) is 5.68. The van der Waals surface area contributed by atoms with Crippen molar-refractivity contribution in [3.63, 3.8) is 0 Å². The molecule has 3 nitrogen and oxygen atoms in total. The van der Waals surface area contributed by atoms with Gasteiger partial charge in [0, 0.05) is 21.3 Å². The van der Waals surface area contributed by atoms with Gasteiger partial charge in [0.2, 0.25) is 5.89 Å². The highest BCUT2D eigenvalue weighted by Crippen LogP contribution is 2.27. The van der Waals surface area contributed by atoms with Crippen LogP contribution in [0.4, 0.5) is 5.69 Å². The molecule has 0 amide bonds. The molecule has 4 rings (SSSR count). The number of hydrogen-bond donors (Lipinski definition) is 0. The fraction of sp³-hybridized carbons (Fsp3) is 0. The van der Waals surface area contributed by atoms with Gasteiger partial charge in [0.1, 0.15) is 5.52 Å². The summed E-state index contributed by atoms with van der Waals surface area (Å²) in [7, 11) is 0. The summed E-state index contributed by atoms with van der Waals surface area (Å²) in [4.78, 5) is 9.02. The molecule has 132 valence electrons. The molecule has 0 N–H and O–H groups in total. The third-order valence-corrected chi connectivity index (χ3v) is 4.65. The van der Waals surface area contributed by atoms with Crippen molar-refractivity contribution >= 4 is 56.6 Å². The Balaban J connectivity index is 1.53. The molecule has 0 unspecified atom stereocenters. The summed E-state index contributed by atoms with van der Waals surface area (Å²) in [6, 6.07) is 21.2. The number of aromatic nitrogens is 1. The van der Waals surface area contributed by atoms with E-state index in [0.29, 0.717) is 10.9 Å². The molecular weight excluding hydrogens is 424 g/mol. The summed E-state index contributed by atoms with van der Waals surface area (Å²) < 4.78 is 6.87. The van der Waals surface area contributed by atoms with Gasteiger partial charge in [-0.2, -0.15) is 0 Å². The van der Waals surface area contributed by atoms with E-state index in [0.717, 1.165) is 32.4 Å². The maximum absolute atomic E-state index is 5.93. The summed E-state index contributed by atoms with van der Waals surface area (Å²) in [5.74, 6) is 0.567. The van der Waals surface area contributed by atoms with Gasteiger partial charge in [-0.15, -0.1) is 0 Å². The number of benzene rings is 3. The number of nitrogens with zero attached hydrogens (tertiary/aromatic N) is 2. The van der Waals surface area contributed by atoms with Crippen LogP contribution in [0.25, 0.3) is 28.6 Å². The molecule has 1 aromatic heterocycles. The van der Waals surface area contributed by atoms with Gasteiger partial charge in [-0.3, -0.25) is 4.99 Å². The van der Waals surface area contributed by atoms with Gasteiger partial charge in [-0.1, -0.05) is 45.7 Å². The normalized spacial score (nSPS) is 11.8. The number of rotatable bonds is 4. The molecule has 4 aromatic rings. The van der Waals surface area contributed by atoms with Crippen LogP contribution in [0.3, 0.4) is 0 Å². The second-order valence-electron chi connectivity index (χ2n) is 5.87. The van der Waals surface area contributed by atoms with Crippen molar-refractivity contribution in [1.29, 1.82) is 0 Å². The summed E-state index contributed by atoms with van der Waals surface area (Å²) in [5, 5.41) is 0.683. The smallest absolute Gasteiger partial charge is 0.227 e. The second-order valence-corrected chi connectivity index (χ2v) is 7.22. The number of hydrogen-bond acceptors (Lipinski definition) is 3. The van der Waals surface area contributed by atoms with Crippen molar-refractivity contribution < 1.29 is 4.42 Å². The summed E-state index contributed by atoms with van der Waals surface area (Å²) in [6.45, 7) is 0. The van der Waals surface area contributed by atoms with Crippen LogP contribution in [0.1, 0.15) is 5.56 Å². The van der Waals surface area contributed by atoms with Crippen LogP contribution in [0.15, 0.2) is 86.7 Å². The molecule has 3 aromatic carbocycles. The topological polar surface area (TPSA) is 38.4 Å². The molecule has 0 aliphatic rings. The molecule has 27 heavy (non-hydrogen) atoms. The van der Waals surface area contributed by atoms with E-state index < -0.39 is 0 Å². The Labute approximate surface area is 170 Å². The Morgan fingerprint density at radius 1 is 1.00 bits per heavy atom. The van der Waals surface area contributed by atoms with Crippen molar-refractivity contribution in [2.24, 2.45) is 4.99 Å². The van der Waals surface area contributed by atoms with E-state index in [1.54, 1.807) is 6.21 Å². The minimum Gasteiger partial charge on any atom is -0.436 e. The lowest BCUT2D eigenvalue weighted by Crippen LogP contribution is -1.76. The average Bonchev–Trinajstić information content (AvgIpc) is 3.09. The molecule has 5 heteroatoms. The minimum atomic E-state index is 0.567. The Morgan fingerprint density at radius 2 is 1.85 bits per heavy atom. The molecule has 0 saturated heterocycles. The van der Waals surface area contributed by atoms with Crippen molar-refractivity contribution in [2.45, 2.75) is 0 Å². The average molecular weight is 438 g/mol. The number of fused-ring (bicyclic) bond motifs is 1. The number of allylic oxidation sites excluding steroid dienone is 1. The van der Waals surface area contributed by atoms with E-state index in [4.69, 9.17) is 16.0 Å². The minimum absolute atomic E-state index is 0.567. The molecule has 0 aliphatic carbocycles. The predicted molar refractivity (Wildman–Crippen MR) is 116 cm³/mol. The zero-order chi connectivity index (χ0) is 18.6.